The maximum Gasteiger partial charge on any atom is 0.244 e. The van der Waals surface area contributed by atoms with Gasteiger partial charge in [0.1, 0.15) is 5.75 Å². The molecule has 1 aromatic rings. The van der Waals surface area contributed by atoms with Crippen LogP contribution in [0.5, 0.6) is 5.75 Å². The van der Waals surface area contributed by atoms with Crippen LogP contribution < -0.4 is 10.1 Å². The lowest BCUT2D eigenvalue weighted by molar-refractivity contribution is -0.133. The minimum absolute atomic E-state index is 0.0349. The van der Waals surface area contributed by atoms with E-state index in [1.807, 2.05) is 31.3 Å². The van der Waals surface area contributed by atoms with Crippen LogP contribution in [-0.2, 0) is 9.59 Å². The summed E-state index contributed by atoms with van der Waals surface area (Å²) in [5, 5.41) is 2.65. The quantitative estimate of drug-likeness (QED) is 0.759. The van der Waals surface area contributed by atoms with E-state index in [9.17, 15) is 9.59 Å². The lowest BCUT2D eigenvalue weighted by atomic mass is 10.2. The molecule has 2 amide bonds. The Morgan fingerprint density at radius 3 is 2.48 bits per heavy atom. The van der Waals surface area contributed by atoms with Gasteiger partial charge in [0.05, 0.1) is 13.2 Å². The molecule has 6 heteroatoms. The zero-order valence-corrected chi connectivity index (χ0v) is 15.0. The molecule has 136 valence electrons. The van der Waals surface area contributed by atoms with Crippen LogP contribution in [-0.4, -0.2) is 68.0 Å². The van der Waals surface area contributed by atoms with Crippen LogP contribution in [0.4, 0.5) is 0 Å². The van der Waals surface area contributed by atoms with Gasteiger partial charge in [0.2, 0.25) is 11.8 Å². The van der Waals surface area contributed by atoms with Gasteiger partial charge in [-0.15, -0.1) is 0 Å². The molecule has 1 saturated heterocycles. The van der Waals surface area contributed by atoms with Gasteiger partial charge in [-0.2, -0.15) is 0 Å². The summed E-state index contributed by atoms with van der Waals surface area (Å²) in [5.74, 6) is 0.516. The van der Waals surface area contributed by atoms with Crippen molar-refractivity contribution in [2.75, 3.05) is 46.4 Å². The highest BCUT2D eigenvalue weighted by molar-refractivity contribution is 5.94. The Hall–Kier alpha value is -2.34. The number of piperazine rings is 1. The molecular formula is C19H27N3O3. The highest BCUT2D eigenvalue weighted by Crippen LogP contribution is 2.13. The van der Waals surface area contributed by atoms with E-state index in [2.05, 4.69) is 17.1 Å². The van der Waals surface area contributed by atoms with Crippen molar-refractivity contribution >= 4 is 17.9 Å². The van der Waals surface area contributed by atoms with Crippen molar-refractivity contribution in [2.24, 2.45) is 0 Å². The summed E-state index contributed by atoms with van der Waals surface area (Å²) >= 11 is 0. The number of hydrogen-bond donors (Lipinski definition) is 1. The smallest absolute Gasteiger partial charge is 0.244 e. The first kappa shape index (κ1) is 19.0. The Kier molecular flexibility index (Phi) is 7.47. The van der Waals surface area contributed by atoms with E-state index in [1.165, 1.54) is 6.08 Å². The topological polar surface area (TPSA) is 61.9 Å². The number of ether oxygens (including phenoxy) is 1. The molecule has 1 aromatic carbocycles. The third-order valence-electron chi connectivity index (χ3n) is 4.05. The molecule has 0 aliphatic carbocycles. The highest BCUT2D eigenvalue weighted by Gasteiger charge is 2.18. The molecule has 25 heavy (non-hydrogen) atoms. The first-order valence-electron chi connectivity index (χ1n) is 8.73. The minimum Gasteiger partial charge on any atom is -0.494 e. The van der Waals surface area contributed by atoms with Gasteiger partial charge in [-0.05, 0) is 37.2 Å². The second kappa shape index (κ2) is 9.84. The fourth-order valence-corrected chi connectivity index (χ4v) is 2.46. The molecule has 6 nitrogen and oxygen atoms in total. The molecule has 0 saturated carbocycles. The van der Waals surface area contributed by atoms with Crippen molar-refractivity contribution in [1.29, 1.82) is 0 Å². The largest absolute Gasteiger partial charge is 0.494 e. The summed E-state index contributed by atoms with van der Waals surface area (Å²) in [4.78, 5) is 27.9. The molecule has 0 spiro atoms. The van der Waals surface area contributed by atoms with E-state index >= 15 is 0 Å². The predicted molar refractivity (Wildman–Crippen MR) is 98.3 cm³/mol. The number of rotatable bonds is 7. The predicted octanol–water partition coefficient (Wildman–Crippen LogP) is 1.38. The first-order chi connectivity index (χ1) is 12.1. The summed E-state index contributed by atoms with van der Waals surface area (Å²) in [6.45, 7) is 5.97. The van der Waals surface area contributed by atoms with E-state index in [0.29, 0.717) is 19.7 Å². The van der Waals surface area contributed by atoms with E-state index < -0.39 is 0 Å². The number of likely N-dealkylation sites (N-methyl/N-ethyl adjacent to an activating group) is 1. The second-order valence-electron chi connectivity index (χ2n) is 6.15. The molecule has 1 fully saturated rings. The van der Waals surface area contributed by atoms with E-state index in [0.717, 1.165) is 30.8 Å². The highest BCUT2D eigenvalue weighted by atomic mass is 16.5. The zero-order chi connectivity index (χ0) is 18.1. The van der Waals surface area contributed by atoms with Crippen LogP contribution in [0.15, 0.2) is 30.3 Å². The average Bonchev–Trinajstić information content (AvgIpc) is 2.64. The zero-order valence-electron chi connectivity index (χ0n) is 15.0. The molecule has 2 rings (SSSR count). The van der Waals surface area contributed by atoms with Crippen molar-refractivity contribution in [2.45, 2.75) is 13.3 Å². The van der Waals surface area contributed by atoms with Gasteiger partial charge in [-0.25, -0.2) is 0 Å². The Balaban J connectivity index is 1.73. The van der Waals surface area contributed by atoms with Crippen molar-refractivity contribution in [3.63, 3.8) is 0 Å². The Labute approximate surface area is 149 Å². The minimum atomic E-state index is -0.270. The van der Waals surface area contributed by atoms with E-state index in [4.69, 9.17) is 4.74 Å². The first-order valence-corrected chi connectivity index (χ1v) is 8.73. The Bertz CT molecular complexity index is 590. The standard InChI is InChI=1S/C19H27N3O3/c1-3-14-25-17-7-4-16(5-8-17)6-9-18(23)20-15-19(24)22-12-10-21(2)11-13-22/h4-9H,3,10-15H2,1-2H3,(H,20,23)/b9-6+. The van der Waals surface area contributed by atoms with Crippen molar-refractivity contribution in [3.05, 3.63) is 35.9 Å². The molecule has 1 heterocycles. The van der Waals surface area contributed by atoms with Crippen LogP contribution in [0, 0.1) is 0 Å². The molecule has 0 unspecified atom stereocenters. The van der Waals surface area contributed by atoms with Crippen LogP contribution in [0.3, 0.4) is 0 Å². The number of carbonyl (C=O) groups excluding carboxylic acids is 2. The molecule has 1 N–H and O–H groups in total. The fraction of sp³-hybridized carbons (Fsp3) is 0.474. The average molecular weight is 345 g/mol. The number of carbonyl (C=O) groups is 2. The molecule has 0 bridgehead atoms. The Morgan fingerprint density at radius 1 is 1.16 bits per heavy atom. The fourth-order valence-electron chi connectivity index (χ4n) is 2.46. The van der Waals surface area contributed by atoms with Crippen LogP contribution >= 0.6 is 0 Å². The monoisotopic (exact) mass is 345 g/mol. The number of benzene rings is 1. The molecule has 1 aliphatic heterocycles. The SMILES string of the molecule is CCCOc1ccc(/C=C/C(=O)NCC(=O)N2CCN(C)CC2)cc1. The van der Waals surface area contributed by atoms with E-state index in [-0.39, 0.29) is 18.4 Å². The van der Waals surface area contributed by atoms with Crippen molar-refractivity contribution < 1.29 is 14.3 Å². The van der Waals surface area contributed by atoms with Crippen LogP contribution in [0.1, 0.15) is 18.9 Å². The summed E-state index contributed by atoms with van der Waals surface area (Å²) in [6, 6.07) is 7.54. The lowest BCUT2D eigenvalue weighted by Gasteiger charge is -2.32. The van der Waals surface area contributed by atoms with Crippen LogP contribution in [0.25, 0.3) is 6.08 Å². The molecular weight excluding hydrogens is 318 g/mol. The summed E-state index contributed by atoms with van der Waals surface area (Å²) in [6.07, 6.45) is 4.13. The molecule has 1 aliphatic rings. The van der Waals surface area contributed by atoms with Gasteiger partial charge in [-0.1, -0.05) is 19.1 Å². The van der Waals surface area contributed by atoms with E-state index in [1.54, 1.807) is 11.0 Å². The van der Waals surface area contributed by atoms with Gasteiger partial charge >= 0.3 is 0 Å². The van der Waals surface area contributed by atoms with Gasteiger partial charge in [0.25, 0.3) is 0 Å². The lowest BCUT2D eigenvalue weighted by Crippen LogP contribution is -2.49. The third-order valence-corrected chi connectivity index (χ3v) is 4.05. The number of hydrogen-bond acceptors (Lipinski definition) is 4. The summed E-state index contributed by atoms with van der Waals surface area (Å²) in [5.41, 5.74) is 0.907. The van der Waals surface area contributed by atoms with Crippen molar-refractivity contribution in [3.8, 4) is 5.75 Å². The van der Waals surface area contributed by atoms with Crippen molar-refractivity contribution in [1.82, 2.24) is 15.1 Å². The second-order valence-corrected chi connectivity index (χ2v) is 6.15. The number of nitrogens with one attached hydrogen (secondary N) is 1. The maximum absolute atomic E-state index is 12.1. The van der Waals surface area contributed by atoms with Gasteiger partial charge in [-0.3, -0.25) is 9.59 Å². The molecule has 0 radical (unpaired) electrons. The molecule has 0 atom stereocenters. The summed E-state index contributed by atoms with van der Waals surface area (Å²) < 4.78 is 5.52. The number of amides is 2. The maximum atomic E-state index is 12.1. The summed E-state index contributed by atoms with van der Waals surface area (Å²) in [7, 11) is 2.04. The Morgan fingerprint density at radius 2 is 1.84 bits per heavy atom. The normalized spacial score (nSPS) is 15.4. The van der Waals surface area contributed by atoms with Gasteiger partial charge in [0, 0.05) is 32.3 Å². The number of nitrogens with zero attached hydrogens (tertiary/aromatic N) is 2. The van der Waals surface area contributed by atoms with Gasteiger partial charge < -0.3 is 19.9 Å². The van der Waals surface area contributed by atoms with Crippen LogP contribution in [0.2, 0.25) is 0 Å². The third kappa shape index (κ3) is 6.58. The van der Waals surface area contributed by atoms with Gasteiger partial charge in [0.15, 0.2) is 0 Å². The molecule has 0 aromatic heterocycles.